The van der Waals surface area contributed by atoms with Crippen molar-refractivity contribution in [2.75, 3.05) is 6.54 Å². The van der Waals surface area contributed by atoms with Gasteiger partial charge in [-0.25, -0.2) is 0 Å². The maximum absolute atomic E-state index is 9.97. The van der Waals surface area contributed by atoms with Crippen molar-refractivity contribution in [3.05, 3.63) is 35.9 Å². The first-order valence-corrected chi connectivity index (χ1v) is 7.06. The lowest BCUT2D eigenvalue weighted by molar-refractivity contribution is 0.0885. The molecule has 0 aliphatic heterocycles. The van der Waals surface area contributed by atoms with E-state index < -0.39 is 0 Å². The minimum absolute atomic E-state index is 0.110. The summed E-state index contributed by atoms with van der Waals surface area (Å²) in [5.41, 5.74) is 1.46. The molecule has 2 atom stereocenters. The largest absolute Gasteiger partial charge is 0.392 e. The highest BCUT2D eigenvalue weighted by Gasteiger charge is 2.26. The van der Waals surface area contributed by atoms with Gasteiger partial charge in [-0.15, -0.1) is 0 Å². The molecule has 2 N–H and O–H groups in total. The Kier molecular flexibility index (Phi) is 4.41. The number of hydrogen-bond acceptors (Lipinski definition) is 2. The second-order valence-corrected chi connectivity index (χ2v) is 6.09. The molecular weight excluding hydrogens is 222 g/mol. The first-order chi connectivity index (χ1) is 8.59. The number of aliphatic hydroxyl groups is 1. The summed E-state index contributed by atoms with van der Waals surface area (Å²) in [5, 5.41) is 13.5. The summed E-state index contributed by atoms with van der Waals surface area (Å²) in [6.07, 6.45) is 4.29. The van der Waals surface area contributed by atoms with Crippen LogP contribution < -0.4 is 5.32 Å². The number of nitrogens with one attached hydrogen (secondary N) is 1. The smallest absolute Gasteiger partial charge is 0.0693 e. The van der Waals surface area contributed by atoms with Crippen LogP contribution in [0.25, 0.3) is 0 Å². The van der Waals surface area contributed by atoms with E-state index in [1.807, 2.05) is 0 Å². The molecule has 2 unspecified atom stereocenters. The van der Waals surface area contributed by atoms with Gasteiger partial charge in [0, 0.05) is 18.0 Å². The zero-order valence-corrected chi connectivity index (χ0v) is 11.5. The van der Waals surface area contributed by atoms with Crippen molar-refractivity contribution in [3.63, 3.8) is 0 Å². The fourth-order valence-corrected chi connectivity index (χ4v) is 2.73. The molecule has 0 radical (unpaired) electrons. The Bertz CT molecular complexity index is 361. The molecule has 0 amide bonds. The van der Waals surface area contributed by atoms with Crippen molar-refractivity contribution in [3.8, 4) is 0 Å². The molecule has 2 heteroatoms. The van der Waals surface area contributed by atoms with E-state index in [2.05, 4.69) is 49.5 Å². The van der Waals surface area contributed by atoms with Gasteiger partial charge in [-0.3, -0.25) is 0 Å². The monoisotopic (exact) mass is 247 g/mol. The Morgan fingerprint density at radius 2 is 1.83 bits per heavy atom. The third kappa shape index (κ3) is 3.33. The predicted molar refractivity (Wildman–Crippen MR) is 75.7 cm³/mol. The van der Waals surface area contributed by atoms with Gasteiger partial charge < -0.3 is 10.4 Å². The highest BCUT2D eigenvalue weighted by Crippen LogP contribution is 2.24. The van der Waals surface area contributed by atoms with E-state index in [1.54, 1.807) is 0 Å². The van der Waals surface area contributed by atoms with Crippen molar-refractivity contribution in [1.82, 2.24) is 5.32 Å². The zero-order chi connectivity index (χ0) is 13.0. The van der Waals surface area contributed by atoms with Crippen molar-refractivity contribution in [2.45, 2.75) is 57.1 Å². The predicted octanol–water partition coefficient (Wildman–Crippen LogP) is 2.86. The molecule has 1 aromatic rings. The molecule has 1 aromatic carbocycles. The van der Waals surface area contributed by atoms with Crippen LogP contribution in [-0.4, -0.2) is 23.8 Å². The maximum atomic E-state index is 9.97. The van der Waals surface area contributed by atoms with Crippen molar-refractivity contribution in [2.24, 2.45) is 0 Å². The first-order valence-electron chi connectivity index (χ1n) is 7.06. The topological polar surface area (TPSA) is 32.3 Å². The summed E-state index contributed by atoms with van der Waals surface area (Å²) in [4.78, 5) is 0. The van der Waals surface area contributed by atoms with Gasteiger partial charge in [-0.1, -0.05) is 57.0 Å². The molecule has 0 bridgehead atoms. The van der Waals surface area contributed by atoms with Gasteiger partial charge in [0.25, 0.3) is 0 Å². The summed E-state index contributed by atoms with van der Waals surface area (Å²) >= 11 is 0. The highest BCUT2D eigenvalue weighted by molar-refractivity contribution is 5.23. The Hall–Kier alpha value is -0.860. The third-order valence-electron chi connectivity index (χ3n) is 4.09. The van der Waals surface area contributed by atoms with E-state index in [-0.39, 0.29) is 17.6 Å². The van der Waals surface area contributed by atoms with Crippen LogP contribution in [0, 0.1) is 0 Å². The Balaban J connectivity index is 1.92. The lowest BCUT2D eigenvalue weighted by Crippen LogP contribution is -2.46. The molecule has 0 spiro atoms. The molecule has 100 valence electrons. The molecular formula is C16H25NO. The molecule has 1 aliphatic carbocycles. The molecule has 2 nitrogen and oxygen atoms in total. The minimum Gasteiger partial charge on any atom is -0.392 e. The van der Waals surface area contributed by atoms with Gasteiger partial charge in [0.05, 0.1) is 6.10 Å². The van der Waals surface area contributed by atoms with Crippen molar-refractivity contribution >= 4 is 0 Å². The van der Waals surface area contributed by atoms with Gasteiger partial charge >= 0.3 is 0 Å². The van der Waals surface area contributed by atoms with E-state index in [9.17, 15) is 5.11 Å². The normalized spacial score (nSPS) is 25.1. The summed E-state index contributed by atoms with van der Waals surface area (Å²) in [6, 6.07) is 10.9. The molecule has 0 aromatic heterocycles. The second kappa shape index (κ2) is 5.85. The van der Waals surface area contributed by atoms with Crippen LogP contribution in [0.4, 0.5) is 0 Å². The lowest BCUT2D eigenvalue weighted by Gasteiger charge is -2.33. The number of aliphatic hydroxyl groups excluding tert-OH is 1. The van der Waals surface area contributed by atoms with Crippen LogP contribution >= 0.6 is 0 Å². The van der Waals surface area contributed by atoms with Crippen LogP contribution in [0.2, 0.25) is 0 Å². The number of benzene rings is 1. The first kappa shape index (κ1) is 13.6. The van der Waals surface area contributed by atoms with Crippen LogP contribution in [0.3, 0.4) is 0 Å². The molecule has 18 heavy (non-hydrogen) atoms. The average Bonchev–Trinajstić information content (AvgIpc) is 2.39. The van der Waals surface area contributed by atoms with Gasteiger partial charge in [-0.05, 0) is 18.4 Å². The molecule has 0 saturated heterocycles. The summed E-state index contributed by atoms with van der Waals surface area (Å²) in [5.74, 6) is 0. The maximum Gasteiger partial charge on any atom is 0.0693 e. The van der Waals surface area contributed by atoms with Crippen LogP contribution in [0.5, 0.6) is 0 Å². The SMILES string of the molecule is CC(C)(CNC1CCCCC1O)c1ccccc1. The van der Waals surface area contributed by atoms with Gasteiger partial charge in [0.2, 0.25) is 0 Å². The van der Waals surface area contributed by atoms with Crippen LogP contribution in [-0.2, 0) is 5.41 Å². The molecule has 1 saturated carbocycles. The quantitative estimate of drug-likeness (QED) is 0.857. The average molecular weight is 247 g/mol. The Labute approximate surface area is 110 Å². The summed E-state index contributed by atoms with van der Waals surface area (Å²) in [7, 11) is 0. The molecule has 1 fully saturated rings. The van der Waals surface area contributed by atoms with Gasteiger partial charge in [0.15, 0.2) is 0 Å². The number of rotatable bonds is 4. The fourth-order valence-electron chi connectivity index (χ4n) is 2.73. The van der Waals surface area contributed by atoms with E-state index in [4.69, 9.17) is 0 Å². The minimum atomic E-state index is -0.162. The second-order valence-electron chi connectivity index (χ2n) is 6.09. The summed E-state index contributed by atoms with van der Waals surface area (Å²) in [6.45, 7) is 5.42. The Morgan fingerprint density at radius 3 is 2.50 bits per heavy atom. The van der Waals surface area contributed by atoms with Crippen molar-refractivity contribution < 1.29 is 5.11 Å². The van der Waals surface area contributed by atoms with E-state index in [0.29, 0.717) is 0 Å². The van der Waals surface area contributed by atoms with Crippen LogP contribution in [0.15, 0.2) is 30.3 Å². The van der Waals surface area contributed by atoms with Gasteiger partial charge in [-0.2, -0.15) is 0 Å². The Morgan fingerprint density at radius 1 is 1.17 bits per heavy atom. The standard InChI is InChI=1S/C16H25NO/c1-16(2,13-8-4-3-5-9-13)12-17-14-10-6-7-11-15(14)18/h3-5,8-9,14-15,17-18H,6-7,10-12H2,1-2H3. The lowest BCUT2D eigenvalue weighted by atomic mass is 9.83. The van der Waals surface area contributed by atoms with E-state index in [1.165, 1.54) is 18.4 Å². The van der Waals surface area contributed by atoms with Crippen molar-refractivity contribution in [1.29, 1.82) is 0 Å². The van der Waals surface area contributed by atoms with E-state index >= 15 is 0 Å². The molecule has 2 rings (SSSR count). The molecule has 1 aliphatic rings. The van der Waals surface area contributed by atoms with Crippen LogP contribution in [0.1, 0.15) is 45.1 Å². The van der Waals surface area contributed by atoms with Gasteiger partial charge in [0.1, 0.15) is 0 Å². The summed E-state index contributed by atoms with van der Waals surface area (Å²) < 4.78 is 0. The van der Waals surface area contributed by atoms with E-state index in [0.717, 1.165) is 19.4 Å². The number of hydrogen-bond donors (Lipinski definition) is 2. The zero-order valence-electron chi connectivity index (χ0n) is 11.5. The third-order valence-corrected chi connectivity index (χ3v) is 4.09. The highest BCUT2D eigenvalue weighted by atomic mass is 16.3. The fraction of sp³-hybridized carbons (Fsp3) is 0.625. The molecule has 0 heterocycles.